The summed E-state index contributed by atoms with van der Waals surface area (Å²) in [6.07, 6.45) is 5.93. The van der Waals surface area contributed by atoms with E-state index in [1.807, 2.05) is 0 Å². The molecule has 367 valence electrons. The second-order valence-electron chi connectivity index (χ2n) is 15.7. The molecule has 0 aliphatic carbocycles. The maximum atomic E-state index is 12.7. The molecular weight excluding hydrogens is 1020 g/mol. The number of nitrogen functional groups attached to an aromatic ring is 1. The van der Waals surface area contributed by atoms with E-state index in [0.717, 1.165) is 54.7 Å². The molecular formula is C35H61BrN7NaO17P3S. The van der Waals surface area contributed by atoms with Gasteiger partial charge in [-0.1, -0.05) is 113 Å². The molecule has 0 spiro atoms. The predicted octanol–water partition coefficient (Wildman–Crippen LogP) is 3.36. The number of rotatable bonds is 31. The second-order valence-corrected chi connectivity index (χ2v) is 22.1. The van der Waals surface area contributed by atoms with Gasteiger partial charge in [0, 0.05) is 60.2 Å². The van der Waals surface area contributed by atoms with Crippen LogP contribution in [0.5, 0.6) is 0 Å². The third-order valence-corrected chi connectivity index (χ3v) is 15.1. The van der Waals surface area contributed by atoms with Crippen molar-refractivity contribution in [2.75, 3.05) is 37.8 Å². The molecule has 24 nitrogen and oxygen atoms in total. The molecule has 2 aromatic rings. The molecule has 2 amide bonds. The van der Waals surface area contributed by atoms with E-state index in [4.69, 9.17) is 19.5 Å². The molecule has 65 heavy (non-hydrogen) atoms. The number of ether oxygens (including phenoxy) is 1. The molecule has 0 aromatic carbocycles. The zero-order valence-electron chi connectivity index (χ0n) is 36.8. The maximum absolute atomic E-state index is 12.7. The van der Waals surface area contributed by atoms with Gasteiger partial charge < -0.3 is 50.9 Å². The predicted molar refractivity (Wildman–Crippen MR) is 242 cm³/mol. The number of aromatic nitrogens is 4. The van der Waals surface area contributed by atoms with Gasteiger partial charge in [0.05, 0.1) is 24.4 Å². The molecule has 1 aliphatic rings. The Morgan fingerprint density at radius 1 is 0.954 bits per heavy atom. The van der Waals surface area contributed by atoms with Crippen LogP contribution in [0.3, 0.4) is 0 Å². The molecule has 1 saturated heterocycles. The smallest absolute Gasteiger partial charge is 0.386 e. The van der Waals surface area contributed by atoms with Gasteiger partial charge in [-0.2, -0.15) is 4.31 Å². The Labute approximate surface area is 411 Å². The number of hydrogen-bond acceptors (Lipinski definition) is 18. The van der Waals surface area contributed by atoms with Gasteiger partial charge in [0.25, 0.3) is 0 Å². The molecule has 0 saturated carbocycles. The number of unbranched alkanes of at least 4 members (excludes halogenated alkanes) is 9. The third kappa shape index (κ3) is 21.3. The van der Waals surface area contributed by atoms with E-state index < -0.39 is 84.6 Å². The SMILES string of the molecule is CCCCCCCCCCCCC(Br)C(=O)SCCNC(=O)CCNC(=O)[C@@H](O)C(C)(C)COP(=O)(O)OP(=O)(O)OCC1OC(n2cnc3c(N)ncnc32)C(O)C1OP(=O)(O)O.[Na]. The molecule has 3 rings (SSSR count). The van der Waals surface area contributed by atoms with E-state index in [1.165, 1.54) is 58.8 Å². The summed E-state index contributed by atoms with van der Waals surface area (Å²) in [5.74, 6) is -1.08. The van der Waals surface area contributed by atoms with Crippen molar-refractivity contribution >= 4 is 115 Å². The second kappa shape index (κ2) is 28.6. The maximum Gasteiger partial charge on any atom is 0.481 e. The minimum atomic E-state index is -5.58. The van der Waals surface area contributed by atoms with Gasteiger partial charge in [-0.25, -0.2) is 28.6 Å². The number of nitrogens with zero attached hydrogens (tertiary/aromatic N) is 4. The Balaban J connectivity index is 0.0000145. The molecule has 7 unspecified atom stereocenters. The molecule has 1 fully saturated rings. The van der Waals surface area contributed by atoms with E-state index in [9.17, 15) is 57.9 Å². The summed E-state index contributed by atoms with van der Waals surface area (Å²) in [6.45, 7) is 2.73. The molecule has 1 radical (unpaired) electrons. The van der Waals surface area contributed by atoms with E-state index in [0.29, 0.717) is 5.75 Å². The summed E-state index contributed by atoms with van der Waals surface area (Å²) in [5.41, 5.74) is 4.28. The Bertz CT molecular complexity index is 1970. The summed E-state index contributed by atoms with van der Waals surface area (Å²) in [7, 11) is -16.4. The summed E-state index contributed by atoms with van der Waals surface area (Å²) in [4.78, 5) is 88.3. The number of alkyl halides is 1. The van der Waals surface area contributed by atoms with Gasteiger partial charge in [0.1, 0.15) is 36.3 Å². The molecule has 1 aliphatic heterocycles. The van der Waals surface area contributed by atoms with E-state index in [-0.39, 0.29) is 76.0 Å². The zero-order valence-corrected chi connectivity index (χ0v) is 43.9. The van der Waals surface area contributed by atoms with Crippen molar-refractivity contribution in [2.24, 2.45) is 5.41 Å². The number of nitrogens with two attached hydrogens (primary N) is 1. The first-order valence-electron chi connectivity index (χ1n) is 20.7. The Morgan fingerprint density at radius 3 is 2.20 bits per heavy atom. The average molecular weight is 1080 g/mol. The van der Waals surface area contributed by atoms with Gasteiger partial charge in [0.2, 0.25) is 16.9 Å². The Morgan fingerprint density at radius 2 is 1.57 bits per heavy atom. The number of hydrogen-bond donors (Lipinski definition) is 9. The summed E-state index contributed by atoms with van der Waals surface area (Å²) in [5, 5.41) is 26.6. The number of phosphoric ester groups is 3. The Kier molecular flexibility index (Phi) is 26.5. The van der Waals surface area contributed by atoms with Crippen LogP contribution in [-0.2, 0) is 50.7 Å². The molecule has 10 N–H and O–H groups in total. The van der Waals surface area contributed by atoms with E-state index in [1.54, 1.807) is 0 Å². The van der Waals surface area contributed by atoms with Crippen LogP contribution >= 0.6 is 51.2 Å². The van der Waals surface area contributed by atoms with E-state index >= 15 is 0 Å². The van der Waals surface area contributed by atoms with Crippen molar-refractivity contribution in [1.29, 1.82) is 0 Å². The van der Waals surface area contributed by atoms with Crippen LogP contribution in [0.2, 0.25) is 0 Å². The number of nitrogens with one attached hydrogen (secondary N) is 2. The van der Waals surface area contributed by atoms with Gasteiger partial charge >= 0.3 is 23.5 Å². The number of aliphatic hydroxyl groups excluding tert-OH is 2. The first-order chi connectivity index (χ1) is 30.0. The minimum Gasteiger partial charge on any atom is -0.386 e. The number of carbonyl (C=O) groups is 3. The van der Waals surface area contributed by atoms with Crippen molar-refractivity contribution in [3.63, 3.8) is 0 Å². The number of aliphatic hydroxyl groups is 2. The zero-order chi connectivity index (χ0) is 47.7. The largest absolute Gasteiger partial charge is 0.481 e. The number of imidazole rings is 1. The van der Waals surface area contributed by atoms with Crippen LogP contribution in [0.15, 0.2) is 12.7 Å². The van der Waals surface area contributed by atoms with Crippen LogP contribution in [0.25, 0.3) is 11.2 Å². The van der Waals surface area contributed by atoms with Crippen molar-refractivity contribution in [3.05, 3.63) is 12.7 Å². The van der Waals surface area contributed by atoms with Gasteiger partial charge in [-0.15, -0.1) is 0 Å². The quantitative estimate of drug-likeness (QED) is 0.0226. The molecule has 3 heterocycles. The number of amides is 2. The van der Waals surface area contributed by atoms with Gasteiger partial charge in [-0.3, -0.25) is 32.5 Å². The fraction of sp³-hybridized carbons (Fsp3) is 0.771. The van der Waals surface area contributed by atoms with Gasteiger partial charge in [0.15, 0.2) is 17.7 Å². The van der Waals surface area contributed by atoms with Crippen LogP contribution < -0.4 is 16.4 Å². The number of anilines is 1. The number of carbonyl (C=O) groups excluding carboxylic acids is 3. The fourth-order valence-corrected chi connectivity index (χ4v) is 10.6. The standard InChI is InChI=1S/C35H61BrN7O17P3S.Na/c1-4-5-6-7-8-9-10-11-12-13-14-23(36)34(48)64-18-17-38-25(44)15-16-39-32(47)29(46)35(2,3)20-57-63(54,55)60-62(52,53)56-19-24-28(59-61(49,50)51)27(45)33(58-24)43-22-42-26-30(37)40-21-41-31(26)43;/h21-24,27-29,33,45-46H,4-20H2,1-3H3,(H,38,44)(H,39,47)(H,52,53)(H,54,55)(H2,37,40,41)(H2,49,50,51);/t23?,24?,27?,28?,29-,33?;/m1./s1. The number of phosphoric acid groups is 3. The molecule has 8 atom stereocenters. The summed E-state index contributed by atoms with van der Waals surface area (Å²) in [6, 6.07) is 0. The minimum absolute atomic E-state index is 0. The Hall–Kier alpha value is -0.960. The molecule has 30 heteroatoms. The van der Waals surface area contributed by atoms with Crippen LogP contribution in [0, 0.1) is 5.41 Å². The van der Waals surface area contributed by atoms with Crippen molar-refractivity contribution in [3.8, 4) is 0 Å². The molecule has 2 aromatic heterocycles. The molecule has 0 bridgehead atoms. The normalized spacial score (nSPS) is 20.6. The first-order valence-corrected chi connectivity index (χ1v) is 27.1. The number of halogens is 1. The summed E-state index contributed by atoms with van der Waals surface area (Å²) >= 11 is 4.57. The monoisotopic (exact) mass is 1080 g/mol. The van der Waals surface area contributed by atoms with Crippen LogP contribution in [0.4, 0.5) is 5.82 Å². The van der Waals surface area contributed by atoms with Crippen molar-refractivity contribution < 1.29 is 80.5 Å². The topological polar surface area (TPSA) is 364 Å². The third-order valence-electron chi connectivity index (χ3n) is 9.81. The average Bonchev–Trinajstić information content (AvgIpc) is 3.78. The van der Waals surface area contributed by atoms with E-state index in [2.05, 4.69) is 57.3 Å². The van der Waals surface area contributed by atoms with Crippen molar-refractivity contribution in [1.82, 2.24) is 30.2 Å². The summed E-state index contributed by atoms with van der Waals surface area (Å²) < 4.78 is 62.4. The van der Waals surface area contributed by atoms with Gasteiger partial charge in [-0.05, 0) is 6.42 Å². The number of thioether (sulfide) groups is 1. The van der Waals surface area contributed by atoms with Crippen LogP contribution in [0.1, 0.15) is 104 Å². The van der Waals surface area contributed by atoms with Crippen LogP contribution in [-0.4, -0.2) is 157 Å². The number of fused-ring (bicyclic) bond motifs is 1. The first kappa shape index (κ1) is 60.2. The fourth-order valence-electron chi connectivity index (χ4n) is 6.30. The van der Waals surface area contributed by atoms with Crippen molar-refractivity contribution in [2.45, 2.75) is 133 Å².